The molecule has 0 N–H and O–H groups in total. The van der Waals surface area contributed by atoms with E-state index in [2.05, 4.69) is 0 Å². The van der Waals surface area contributed by atoms with Crippen LogP contribution in [0.2, 0.25) is 5.02 Å². The number of halogens is 1. The summed E-state index contributed by atoms with van der Waals surface area (Å²) >= 11 is 6.09. The molecular weight excluding hydrogens is 433 g/mol. The number of benzene rings is 3. The highest BCUT2D eigenvalue weighted by Gasteiger charge is 2.41. The highest BCUT2D eigenvalue weighted by Crippen LogP contribution is 2.59. The van der Waals surface area contributed by atoms with E-state index in [1.54, 1.807) is 24.3 Å². The highest BCUT2D eigenvalue weighted by atomic mass is 35.5. The maximum absolute atomic E-state index is 14.9. The molecule has 1 fully saturated rings. The van der Waals surface area contributed by atoms with Crippen LogP contribution in [0.1, 0.15) is 17.6 Å². The van der Waals surface area contributed by atoms with Crippen molar-refractivity contribution in [3.63, 3.8) is 0 Å². The molecule has 1 atom stereocenters. The van der Waals surface area contributed by atoms with Crippen molar-refractivity contribution in [3.05, 3.63) is 95.5 Å². The van der Waals surface area contributed by atoms with Crippen LogP contribution in [0, 0.1) is 0 Å². The van der Waals surface area contributed by atoms with E-state index in [9.17, 15) is 14.2 Å². The van der Waals surface area contributed by atoms with E-state index in [4.69, 9.17) is 16.3 Å². The van der Waals surface area contributed by atoms with Crippen LogP contribution in [0.4, 0.5) is 4.79 Å². The van der Waals surface area contributed by atoms with E-state index in [0.717, 1.165) is 10.5 Å². The minimum atomic E-state index is -3.33. The first-order valence-electron chi connectivity index (χ1n) is 9.93. The lowest BCUT2D eigenvalue weighted by molar-refractivity contribution is -0.127. The minimum absolute atomic E-state index is 0.0994. The highest BCUT2D eigenvalue weighted by molar-refractivity contribution is 7.79. The lowest BCUT2D eigenvalue weighted by Gasteiger charge is -2.29. The van der Waals surface area contributed by atoms with Crippen LogP contribution in [-0.4, -0.2) is 30.1 Å². The Hall–Kier alpha value is -2.88. The van der Waals surface area contributed by atoms with E-state index < -0.39 is 24.8 Å². The molecule has 1 heterocycles. The summed E-state index contributed by atoms with van der Waals surface area (Å²) in [6, 6.07) is 25.4. The standard InChI is InChI=1S/C24H21ClNO4P/c25-19-13-11-18(12-14-19)22(17-23(27)26-15-16-30-24(26)28)31(29,20-7-3-1-4-8-20)21-9-5-2-6-10-21/h1-14,22H,15-17H2/t22-/m0/s1. The van der Waals surface area contributed by atoms with Crippen LogP contribution >= 0.6 is 18.7 Å². The third kappa shape index (κ3) is 4.30. The first-order chi connectivity index (χ1) is 15.0. The zero-order valence-electron chi connectivity index (χ0n) is 16.7. The maximum atomic E-state index is 14.9. The summed E-state index contributed by atoms with van der Waals surface area (Å²) in [5, 5.41) is 1.85. The molecule has 3 aromatic carbocycles. The summed E-state index contributed by atoms with van der Waals surface area (Å²) in [5.41, 5.74) is 0.0526. The second kappa shape index (κ2) is 9.09. The SMILES string of the molecule is O=C(C[C@@H](c1ccc(Cl)cc1)P(=O)(c1ccccc1)c1ccccc1)N1CCOC1=O. The predicted octanol–water partition coefficient (Wildman–Crippen LogP) is 4.76. The van der Waals surface area contributed by atoms with Crippen molar-refractivity contribution in [2.75, 3.05) is 13.2 Å². The number of nitrogens with zero attached hydrogens (tertiary/aromatic N) is 1. The number of imide groups is 1. The Morgan fingerprint density at radius 2 is 1.48 bits per heavy atom. The first kappa shape index (κ1) is 21.4. The molecule has 5 nitrogen and oxygen atoms in total. The molecule has 3 aromatic rings. The average molecular weight is 454 g/mol. The third-order valence-corrected chi connectivity index (χ3v) is 9.14. The molecule has 4 rings (SSSR count). The summed E-state index contributed by atoms with van der Waals surface area (Å²) in [5.74, 6) is -0.408. The number of amides is 2. The Labute approximate surface area is 186 Å². The lowest BCUT2D eigenvalue weighted by Crippen LogP contribution is -2.34. The average Bonchev–Trinajstić information content (AvgIpc) is 3.25. The van der Waals surface area contributed by atoms with E-state index in [-0.39, 0.29) is 19.6 Å². The summed E-state index contributed by atoms with van der Waals surface area (Å²) in [6.07, 6.45) is -0.758. The van der Waals surface area contributed by atoms with Gasteiger partial charge in [-0.05, 0) is 17.7 Å². The predicted molar refractivity (Wildman–Crippen MR) is 122 cm³/mol. The van der Waals surface area contributed by atoms with Crippen LogP contribution in [0.3, 0.4) is 0 Å². The molecule has 0 bridgehead atoms. The van der Waals surface area contributed by atoms with Crippen molar-refractivity contribution in [2.45, 2.75) is 12.1 Å². The first-order valence-corrected chi connectivity index (χ1v) is 12.1. The Balaban J connectivity index is 1.86. The van der Waals surface area contributed by atoms with Crippen molar-refractivity contribution >= 4 is 41.4 Å². The molecule has 158 valence electrons. The van der Waals surface area contributed by atoms with E-state index >= 15 is 0 Å². The third-order valence-electron chi connectivity index (χ3n) is 5.40. The minimum Gasteiger partial charge on any atom is -0.447 e. The van der Waals surface area contributed by atoms with Gasteiger partial charge in [0.05, 0.1) is 12.2 Å². The fourth-order valence-corrected chi connectivity index (χ4v) is 7.22. The molecule has 7 heteroatoms. The van der Waals surface area contributed by atoms with Gasteiger partial charge in [0, 0.05) is 22.1 Å². The van der Waals surface area contributed by atoms with Gasteiger partial charge in [-0.1, -0.05) is 84.4 Å². The monoisotopic (exact) mass is 453 g/mol. The second-order valence-electron chi connectivity index (χ2n) is 7.26. The molecule has 31 heavy (non-hydrogen) atoms. The number of carbonyl (C=O) groups is 2. The van der Waals surface area contributed by atoms with Gasteiger partial charge in [0.15, 0.2) is 7.14 Å². The molecular formula is C24H21ClNO4P. The van der Waals surface area contributed by atoms with Crippen molar-refractivity contribution in [2.24, 2.45) is 0 Å². The van der Waals surface area contributed by atoms with E-state index in [0.29, 0.717) is 15.6 Å². The Bertz CT molecular complexity index is 1080. The largest absolute Gasteiger partial charge is 0.447 e. The van der Waals surface area contributed by atoms with Gasteiger partial charge in [0.1, 0.15) is 6.61 Å². The zero-order valence-corrected chi connectivity index (χ0v) is 18.3. The molecule has 2 amide bonds. The quantitative estimate of drug-likeness (QED) is 0.505. The number of cyclic esters (lactones) is 1. The Kier molecular flexibility index (Phi) is 6.26. The molecule has 1 aliphatic rings. The fourth-order valence-electron chi connectivity index (χ4n) is 3.84. The Morgan fingerprint density at radius 1 is 0.935 bits per heavy atom. The van der Waals surface area contributed by atoms with Crippen molar-refractivity contribution in [1.82, 2.24) is 4.90 Å². The van der Waals surface area contributed by atoms with Gasteiger partial charge in [0.25, 0.3) is 0 Å². The van der Waals surface area contributed by atoms with Crippen LogP contribution in [0.25, 0.3) is 0 Å². The lowest BCUT2D eigenvalue weighted by atomic mass is 10.1. The number of hydrogen-bond acceptors (Lipinski definition) is 4. The number of hydrogen-bond donors (Lipinski definition) is 0. The Morgan fingerprint density at radius 3 is 1.97 bits per heavy atom. The smallest absolute Gasteiger partial charge is 0.416 e. The number of ether oxygens (including phenoxy) is 1. The molecule has 0 aliphatic carbocycles. The fraction of sp³-hybridized carbons (Fsp3) is 0.167. The molecule has 1 saturated heterocycles. The second-order valence-corrected chi connectivity index (χ2v) is 10.7. The van der Waals surface area contributed by atoms with Crippen LogP contribution < -0.4 is 10.6 Å². The molecule has 0 aromatic heterocycles. The topological polar surface area (TPSA) is 63.7 Å². The summed E-state index contributed by atoms with van der Waals surface area (Å²) in [6.45, 7) is 0.372. The maximum Gasteiger partial charge on any atom is 0.416 e. The van der Waals surface area contributed by atoms with Crippen LogP contribution in [-0.2, 0) is 14.1 Å². The van der Waals surface area contributed by atoms with Gasteiger partial charge < -0.3 is 9.30 Å². The van der Waals surface area contributed by atoms with Gasteiger partial charge in [-0.15, -0.1) is 0 Å². The van der Waals surface area contributed by atoms with Crippen LogP contribution in [0.15, 0.2) is 84.9 Å². The van der Waals surface area contributed by atoms with Crippen molar-refractivity contribution < 1.29 is 18.9 Å². The van der Waals surface area contributed by atoms with Gasteiger partial charge in [-0.2, -0.15) is 0 Å². The van der Waals surface area contributed by atoms with E-state index in [1.807, 2.05) is 60.7 Å². The molecule has 1 aliphatic heterocycles. The molecule has 0 radical (unpaired) electrons. The van der Waals surface area contributed by atoms with E-state index in [1.165, 1.54) is 0 Å². The van der Waals surface area contributed by atoms with Gasteiger partial charge in [-0.3, -0.25) is 4.79 Å². The van der Waals surface area contributed by atoms with Gasteiger partial charge in [0.2, 0.25) is 5.91 Å². The summed E-state index contributed by atoms with van der Waals surface area (Å²) < 4.78 is 19.8. The zero-order chi connectivity index (χ0) is 21.8. The van der Waals surface area contributed by atoms with Crippen LogP contribution in [0.5, 0.6) is 0 Å². The van der Waals surface area contributed by atoms with Crippen molar-refractivity contribution in [3.8, 4) is 0 Å². The number of carbonyl (C=O) groups excluding carboxylic acids is 2. The molecule has 0 saturated carbocycles. The molecule has 0 spiro atoms. The number of rotatable bonds is 6. The van der Waals surface area contributed by atoms with Gasteiger partial charge >= 0.3 is 6.09 Å². The normalized spacial score (nSPS) is 14.9. The summed E-state index contributed by atoms with van der Waals surface area (Å²) in [7, 11) is -3.33. The molecule has 0 unspecified atom stereocenters. The summed E-state index contributed by atoms with van der Waals surface area (Å²) in [4.78, 5) is 26.1. The van der Waals surface area contributed by atoms with Gasteiger partial charge in [-0.25, -0.2) is 9.69 Å². The van der Waals surface area contributed by atoms with Crippen molar-refractivity contribution in [1.29, 1.82) is 0 Å².